The van der Waals surface area contributed by atoms with Gasteiger partial charge in [-0.05, 0) is 31.0 Å². The molecule has 0 aliphatic heterocycles. The highest BCUT2D eigenvalue weighted by Gasteiger charge is 1.98. The van der Waals surface area contributed by atoms with Crippen LogP contribution in [0.5, 0.6) is 0 Å². The van der Waals surface area contributed by atoms with Crippen LogP contribution in [-0.4, -0.2) is 13.1 Å². The van der Waals surface area contributed by atoms with Crippen molar-refractivity contribution in [3.8, 4) is 0 Å². The summed E-state index contributed by atoms with van der Waals surface area (Å²) in [5, 5.41) is 0.716. The zero-order valence-electron chi connectivity index (χ0n) is 8.79. The summed E-state index contributed by atoms with van der Waals surface area (Å²) in [6.07, 6.45) is 2.22. The van der Waals surface area contributed by atoms with Gasteiger partial charge in [0.05, 0.1) is 7.11 Å². The number of carbonyl (C=O) groups is 1. The van der Waals surface area contributed by atoms with Gasteiger partial charge < -0.3 is 4.74 Å². The number of ether oxygens (including phenoxy) is 1. The van der Waals surface area contributed by atoms with E-state index in [1.54, 1.807) is 0 Å². The highest BCUT2D eigenvalue weighted by Crippen LogP contribution is 2.12. The summed E-state index contributed by atoms with van der Waals surface area (Å²) in [6.45, 7) is 1.89. The number of benzene rings is 1. The van der Waals surface area contributed by atoms with E-state index in [4.69, 9.17) is 11.6 Å². The number of hydrogen-bond donors (Lipinski definition) is 0. The summed E-state index contributed by atoms with van der Waals surface area (Å²) >= 11 is 5.77. The van der Waals surface area contributed by atoms with E-state index >= 15 is 0 Å². The Morgan fingerprint density at radius 1 is 1.40 bits per heavy atom. The zero-order valence-corrected chi connectivity index (χ0v) is 9.54. The van der Waals surface area contributed by atoms with Crippen molar-refractivity contribution in [3.63, 3.8) is 0 Å². The predicted octanol–water partition coefficient (Wildman–Crippen LogP) is 3.00. The molecule has 0 unspecified atom stereocenters. The molecule has 0 fully saturated rings. The summed E-state index contributed by atoms with van der Waals surface area (Å²) in [5.74, 6) is -0.318. The monoisotopic (exact) mass is 224 g/mol. The summed E-state index contributed by atoms with van der Waals surface area (Å²) in [6, 6.07) is 7.55. The van der Waals surface area contributed by atoms with Crippen LogP contribution in [0.25, 0.3) is 0 Å². The van der Waals surface area contributed by atoms with Gasteiger partial charge in [-0.2, -0.15) is 0 Å². The number of hydrogen-bond acceptors (Lipinski definition) is 2. The topological polar surface area (TPSA) is 26.3 Å². The lowest BCUT2D eigenvalue weighted by molar-refractivity contribution is -0.134. The summed E-state index contributed by atoms with van der Waals surface area (Å²) < 4.78 is 4.54. The van der Waals surface area contributed by atoms with Crippen LogP contribution in [0.2, 0.25) is 5.02 Å². The largest absolute Gasteiger partial charge is 0.466 e. The van der Waals surface area contributed by atoms with Gasteiger partial charge in [-0.1, -0.05) is 29.3 Å². The van der Waals surface area contributed by atoms with Crippen LogP contribution in [0.3, 0.4) is 0 Å². The standard InChI is InChI=1S/C12H13ClO2/c1-9(8-12(14)15-2)7-10-3-5-11(13)6-4-10/h3-6,8H,7H2,1-2H3/b9-8-. The Kier molecular flexibility index (Phi) is 4.37. The molecule has 0 radical (unpaired) electrons. The molecule has 0 aliphatic carbocycles. The van der Waals surface area contributed by atoms with Crippen LogP contribution in [0.15, 0.2) is 35.9 Å². The maximum atomic E-state index is 10.9. The molecular weight excluding hydrogens is 212 g/mol. The van der Waals surface area contributed by atoms with Gasteiger partial charge in [-0.15, -0.1) is 0 Å². The molecule has 0 N–H and O–H groups in total. The SMILES string of the molecule is COC(=O)/C=C(/C)Cc1ccc(Cl)cc1. The maximum absolute atomic E-state index is 10.9. The Bertz CT molecular complexity index is 366. The van der Waals surface area contributed by atoms with Crippen molar-refractivity contribution in [2.75, 3.05) is 7.11 Å². The van der Waals surface area contributed by atoms with Gasteiger partial charge in [0.15, 0.2) is 0 Å². The second kappa shape index (κ2) is 5.56. The van der Waals surface area contributed by atoms with Crippen molar-refractivity contribution >= 4 is 17.6 Å². The highest BCUT2D eigenvalue weighted by atomic mass is 35.5. The number of carbonyl (C=O) groups excluding carboxylic acids is 1. The summed E-state index contributed by atoms with van der Waals surface area (Å²) in [5.41, 5.74) is 2.08. The van der Waals surface area contributed by atoms with Gasteiger partial charge in [-0.3, -0.25) is 0 Å². The fourth-order valence-electron chi connectivity index (χ4n) is 1.24. The molecule has 0 saturated carbocycles. The summed E-state index contributed by atoms with van der Waals surface area (Å²) in [4.78, 5) is 10.9. The minimum Gasteiger partial charge on any atom is -0.466 e. The predicted molar refractivity (Wildman–Crippen MR) is 60.9 cm³/mol. The molecule has 15 heavy (non-hydrogen) atoms. The fourth-order valence-corrected chi connectivity index (χ4v) is 1.36. The Labute approximate surface area is 94.5 Å². The lowest BCUT2D eigenvalue weighted by Crippen LogP contribution is -1.97. The minimum absolute atomic E-state index is 0.318. The van der Waals surface area contributed by atoms with Gasteiger partial charge in [0.2, 0.25) is 0 Å². The molecule has 1 aromatic rings. The zero-order chi connectivity index (χ0) is 11.3. The van der Waals surface area contributed by atoms with Crippen LogP contribution < -0.4 is 0 Å². The third-order valence-electron chi connectivity index (χ3n) is 1.96. The van der Waals surface area contributed by atoms with E-state index in [0.717, 1.165) is 17.6 Å². The molecule has 1 rings (SSSR count). The van der Waals surface area contributed by atoms with E-state index in [0.29, 0.717) is 5.02 Å². The molecule has 0 aliphatic rings. The Morgan fingerprint density at radius 3 is 2.53 bits per heavy atom. The second-order valence-corrected chi connectivity index (χ2v) is 3.75. The van der Waals surface area contributed by atoms with Crippen LogP contribution >= 0.6 is 11.6 Å². The van der Waals surface area contributed by atoms with E-state index < -0.39 is 0 Å². The number of allylic oxidation sites excluding steroid dienone is 1. The average Bonchev–Trinajstić information content (AvgIpc) is 2.21. The van der Waals surface area contributed by atoms with Gasteiger partial charge in [0, 0.05) is 11.1 Å². The fraction of sp³-hybridized carbons (Fsp3) is 0.250. The molecule has 1 aromatic carbocycles. The Morgan fingerprint density at radius 2 is 2.00 bits per heavy atom. The first-order valence-electron chi connectivity index (χ1n) is 4.61. The maximum Gasteiger partial charge on any atom is 0.330 e. The third-order valence-corrected chi connectivity index (χ3v) is 2.21. The van der Waals surface area contributed by atoms with Gasteiger partial charge in [0.1, 0.15) is 0 Å². The number of rotatable bonds is 3. The van der Waals surface area contributed by atoms with Crippen molar-refractivity contribution in [3.05, 3.63) is 46.5 Å². The lowest BCUT2D eigenvalue weighted by atomic mass is 10.1. The third kappa shape index (κ3) is 4.17. The first kappa shape index (κ1) is 11.8. The van der Waals surface area contributed by atoms with Crippen LogP contribution in [0, 0.1) is 0 Å². The van der Waals surface area contributed by atoms with Gasteiger partial charge >= 0.3 is 5.97 Å². The van der Waals surface area contributed by atoms with E-state index in [1.165, 1.54) is 13.2 Å². The van der Waals surface area contributed by atoms with Crippen molar-refractivity contribution in [1.29, 1.82) is 0 Å². The highest BCUT2D eigenvalue weighted by molar-refractivity contribution is 6.30. The number of halogens is 1. The number of methoxy groups -OCH3 is 1. The molecule has 0 saturated heterocycles. The molecule has 3 heteroatoms. The van der Waals surface area contributed by atoms with E-state index in [1.807, 2.05) is 31.2 Å². The second-order valence-electron chi connectivity index (χ2n) is 3.32. The van der Waals surface area contributed by atoms with Crippen molar-refractivity contribution < 1.29 is 9.53 Å². The smallest absolute Gasteiger partial charge is 0.330 e. The van der Waals surface area contributed by atoms with Crippen molar-refractivity contribution in [2.45, 2.75) is 13.3 Å². The molecule has 0 aromatic heterocycles. The normalized spacial score (nSPS) is 11.3. The molecule has 0 bridgehead atoms. The van der Waals surface area contributed by atoms with E-state index in [2.05, 4.69) is 4.74 Å². The number of esters is 1. The van der Waals surface area contributed by atoms with Crippen LogP contribution in [-0.2, 0) is 16.0 Å². The van der Waals surface area contributed by atoms with E-state index in [-0.39, 0.29) is 5.97 Å². The Balaban J connectivity index is 2.66. The molecule has 0 atom stereocenters. The quantitative estimate of drug-likeness (QED) is 0.583. The summed E-state index contributed by atoms with van der Waals surface area (Å²) in [7, 11) is 1.37. The first-order chi connectivity index (χ1) is 7.11. The van der Waals surface area contributed by atoms with E-state index in [9.17, 15) is 4.79 Å². The average molecular weight is 225 g/mol. The van der Waals surface area contributed by atoms with Crippen LogP contribution in [0.4, 0.5) is 0 Å². The lowest BCUT2D eigenvalue weighted by Gasteiger charge is -2.01. The van der Waals surface area contributed by atoms with Gasteiger partial charge in [-0.25, -0.2) is 4.79 Å². The first-order valence-corrected chi connectivity index (χ1v) is 4.99. The van der Waals surface area contributed by atoms with Crippen molar-refractivity contribution in [2.24, 2.45) is 0 Å². The minimum atomic E-state index is -0.318. The Hall–Kier alpha value is -1.28. The molecular formula is C12H13ClO2. The molecule has 2 nitrogen and oxygen atoms in total. The molecule has 0 amide bonds. The van der Waals surface area contributed by atoms with Crippen LogP contribution in [0.1, 0.15) is 12.5 Å². The van der Waals surface area contributed by atoms with Crippen molar-refractivity contribution in [1.82, 2.24) is 0 Å². The molecule has 80 valence electrons. The molecule has 0 heterocycles. The van der Waals surface area contributed by atoms with Gasteiger partial charge in [0.25, 0.3) is 0 Å². The molecule has 0 spiro atoms.